The van der Waals surface area contributed by atoms with Gasteiger partial charge in [-0.25, -0.2) is 4.98 Å². The van der Waals surface area contributed by atoms with Crippen molar-refractivity contribution in [1.29, 1.82) is 0 Å². The number of hydrogen-bond donors (Lipinski definition) is 1. The highest BCUT2D eigenvalue weighted by atomic mass is 35.5. The number of para-hydroxylation sites is 1. The highest BCUT2D eigenvalue weighted by Gasteiger charge is 2.04. The molecule has 100 valence electrons. The molecule has 1 heterocycles. The van der Waals surface area contributed by atoms with E-state index in [9.17, 15) is 0 Å². The molecule has 0 radical (unpaired) electrons. The number of nitrogens with one attached hydrogen (secondary N) is 1. The average molecular weight is 277 g/mol. The molecule has 0 unspecified atom stereocenters. The third-order valence-electron chi connectivity index (χ3n) is 2.55. The molecular formula is C15H17ClN2O. The van der Waals surface area contributed by atoms with Crippen LogP contribution in [0.3, 0.4) is 0 Å². The monoisotopic (exact) mass is 276 g/mol. The first-order valence-electron chi connectivity index (χ1n) is 6.25. The normalized spacial score (nSPS) is 10.5. The van der Waals surface area contributed by atoms with E-state index in [1.807, 2.05) is 44.2 Å². The van der Waals surface area contributed by atoms with Gasteiger partial charge in [-0.2, -0.15) is 0 Å². The van der Waals surface area contributed by atoms with Crippen molar-refractivity contribution in [2.45, 2.75) is 26.5 Å². The zero-order chi connectivity index (χ0) is 13.7. The highest BCUT2D eigenvalue weighted by molar-refractivity contribution is 6.29. The van der Waals surface area contributed by atoms with E-state index in [4.69, 9.17) is 16.3 Å². The predicted octanol–water partition coefficient (Wildman–Crippen LogP) is 4.13. The number of ether oxygens (including phenoxy) is 1. The third-order valence-corrected chi connectivity index (χ3v) is 2.77. The van der Waals surface area contributed by atoms with E-state index in [0.717, 1.165) is 17.0 Å². The summed E-state index contributed by atoms with van der Waals surface area (Å²) in [4.78, 5) is 4.03. The van der Waals surface area contributed by atoms with Crippen LogP contribution in [0.4, 0.5) is 5.69 Å². The molecule has 0 aliphatic heterocycles. The average Bonchev–Trinajstić information content (AvgIpc) is 2.39. The van der Waals surface area contributed by atoms with Gasteiger partial charge in [0.1, 0.15) is 10.9 Å². The number of hydrogen-bond acceptors (Lipinski definition) is 3. The Bertz CT molecular complexity index is 526. The zero-order valence-electron chi connectivity index (χ0n) is 11.1. The van der Waals surface area contributed by atoms with Crippen molar-refractivity contribution in [1.82, 2.24) is 4.98 Å². The molecule has 19 heavy (non-hydrogen) atoms. The quantitative estimate of drug-likeness (QED) is 0.834. The second-order valence-corrected chi connectivity index (χ2v) is 4.88. The first-order chi connectivity index (χ1) is 9.15. The third kappa shape index (κ3) is 4.14. The van der Waals surface area contributed by atoms with Crippen LogP contribution in [-0.2, 0) is 6.54 Å². The molecule has 3 nitrogen and oxygen atoms in total. The zero-order valence-corrected chi connectivity index (χ0v) is 11.8. The maximum atomic E-state index is 5.78. The fourth-order valence-corrected chi connectivity index (χ4v) is 1.81. The molecule has 0 spiro atoms. The van der Waals surface area contributed by atoms with Gasteiger partial charge in [0, 0.05) is 12.1 Å². The summed E-state index contributed by atoms with van der Waals surface area (Å²) in [5.74, 6) is 0.909. The minimum absolute atomic E-state index is 0.165. The molecule has 0 aliphatic carbocycles. The maximum Gasteiger partial charge on any atom is 0.129 e. The SMILES string of the molecule is CC(C)Oc1ccccc1CNc1ccc(Cl)nc1. The predicted molar refractivity (Wildman–Crippen MR) is 78.8 cm³/mol. The van der Waals surface area contributed by atoms with Gasteiger partial charge in [-0.1, -0.05) is 29.8 Å². The summed E-state index contributed by atoms with van der Waals surface area (Å²) in [6.45, 7) is 4.73. The Hall–Kier alpha value is -1.74. The van der Waals surface area contributed by atoms with Gasteiger partial charge in [0.2, 0.25) is 0 Å². The van der Waals surface area contributed by atoms with Crippen LogP contribution in [-0.4, -0.2) is 11.1 Å². The Kier molecular flexibility index (Phi) is 4.63. The first kappa shape index (κ1) is 13.7. The van der Waals surface area contributed by atoms with Crippen molar-refractivity contribution in [3.63, 3.8) is 0 Å². The number of benzene rings is 1. The molecule has 1 N–H and O–H groups in total. The molecule has 0 saturated heterocycles. The van der Waals surface area contributed by atoms with Crippen molar-refractivity contribution in [3.8, 4) is 5.75 Å². The van der Waals surface area contributed by atoms with E-state index >= 15 is 0 Å². The van der Waals surface area contributed by atoms with Crippen molar-refractivity contribution >= 4 is 17.3 Å². The number of aromatic nitrogens is 1. The van der Waals surface area contributed by atoms with Gasteiger partial charge in [0.25, 0.3) is 0 Å². The fraction of sp³-hybridized carbons (Fsp3) is 0.267. The number of pyridine rings is 1. The van der Waals surface area contributed by atoms with Gasteiger partial charge < -0.3 is 10.1 Å². The van der Waals surface area contributed by atoms with Crippen molar-refractivity contribution in [2.24, 2.45) is 0 Å². The van der Waals surface area contributed by atoms with Gasteiger partial charge in [-0.05, 0) is 32.0 Å². The fourth-order valence-electron chi connectivity index (χ4n) is 1.70. The lowest BCUT2D eigenvalue weighted by molar-refractivity contribution is 0.240. The van der Waals surface area contributed by atoms with Crippen LogP contribution in [0.1, 0.15) is 19.4 Å². The number of rotatable bonds is 5. The van der Waals surface area contributed by atoms with Gasteiger partial charge >= 0.3 is 0 Å². The van der Waals surface area contributed by atoms with Crippen molar-refractivity contribution in [2.75, 3.05) is 5.32 Å². The molecule has 1 aromatic heterocycles. The topological polar surface area (TPSA) is 34.1 Å². The lowest BCUT2D eigenvalue weighted by Gasteiger charge is -2.15. The smallest absolute Gasteiger partial charge is 0.129 e. The Labute approximate surface area is 118 Å². The summed E-state index contributed by atoms with van der Waals surface area (Å²) in [5.41, 5.74) is 2.05. The molecular weight excluding hydrogens is 260 g/mol. The lowest BCUT2D eigenvalue weighted by atomic mass is 10.2. The van der Waals surface area contributed by atoms with Crippen LogP contribution < -0.4 is 10.1 Å². The van der Waals surface area contributed by atoms with Crippen LogP contribution in [0.25, 0.3) is 0 Å². The molecule has 2 rings (SSSR count). The number of halogens is 1. The van der Waals surface area contributed by atoms with E-state index in [-0.39, 0.29) is 6.10 Å². The molecule has 0 atom stereocenters. The molecule has 2 aromatic rings. The van der Waals surface area contributed by atoms with Crippen LogP contribution in [0.2, 0.25) is 5.15 Å². The van der Waals surface area contributed by atoms with Crippen LogP contribution in [0.5, 0.6) is 5.75 Å². The van der Waals surface area contributed by atoms with E-state index in [1.165, 1.54) is 0 Å². The van der Waals surface area contributed by atoms with E-state index < -0.39 is 0 Å². The molecule has 1 aromatic carbocycles. The summed E-state index contributed by atoms with van der Waals surface area (Å²) in [5, 5.41) is 3.80. The van der Waals surface area contributed by atoms with Gasteiger partial charge in [-0.15, -0.1) is 0 Å². The largest absolute Gasteiger partial charge is 0.491 e. The summed E-state index contributed by atoms with van der Waals surface area (Å²) in [7, 11) is 0. The van der Waals surface area contributed by atoms with E-state index in [0.29, 0.717) is 11.7 Å². The first-order valence-corrected chi connectivity index (χ1v) is 6.63. The van der Waals surface area contributed by atoms with Crippen LogP contribution >= 0.6 is 11.6 Å². The highest BCUT2D eigenvalue weighted by Crippen LogP contribution is 2.20. The van der Waals surface area contributed by atoms with E-state index in [1.54, 1.807) is 12.3 Å². The second kappa shape index (κ2) is 6.43. The van der Waals surface area contributed by atoms with Gasteiger partial charge in [0.05, 0.1) is 18.0 Å². The second-order valence-electron chi connectivity index (χ2n) is 4.50. The molecule has 0 saturated carbocycles. The number of anilines is 1. The molecule has 0 bridgehead atoms. The van der Waals surface area contributed by atoms with Crippen LogP contribution in [0.15, 0.2) is 42.6 Å². The number of nitrogens with zero attached hydrogens (tertiary/aromatic N) is 1. The van der Waals surface area contributed by atoms with Crippen LogP contribution in [0, 0.1) is 0 Å². The van der Waals surface area contributed by atoms with Crippen molar-refractivity contribution in [3.05, 3.63) is 53.3 Å². The lowest BCUT2D eigenvalue weighted by Crippen LogP contribution is -2.09. The molecule has 4 heteroatoms. The molecule has 0 aliphatic rings. The maximum absolute atomic E-state index is 5.78. The summed E-state index contributed by atoms with van der Waals surface area (Å²) >= 11 is 5.75. The summed E-state index contributed by atoms with van der Waals surface area (Å²) < 4.78 is 5.78. The molecule has 0 amide bonds. The minimum Gasteiger partial charge on any atom is -0.491 e. The van der Waals surface area contributed by atoms with Gasteiger partial charge in [0.15, 0.2) is 0 Å². The Balaban J connectivity index is 2.04. The van der Waals surface area contributed by atoms with Crippen molar-refractivity contribution < 1.29 is 4.74 Å². The minimum atomic E-state index is 0.165. The standard InChI is InChI=1S/C15H17ClN2O/c1-11(2)19-14-6-4-3-5-12(14)9-17-13-7-8-15(16)18-10-13/h3-8,10-11,17H,9H2,1-2H3. The summed E-state index contributed by atoms with van der Waals surface area (Å²) in [6, 6.07) is 11.7. The molecule has 0 fully saturated rings. The Morgan fingerprint density at radius 1 is 1.21 bits per heavy atom. The van der Waals surface area contributed by atoms with E-state index in [2.05, 4.69) is 10.3 Å². The summed E-state index contributed by atoms with van der Waals surface area (Å²) in [6.07, 6.45) is 1.88. The Morgan fingerprint density at radius 2 is 2.00 bits per heavy atom. The Morgan fingerprint density at radius 3 is 2.68 bits per heavy atom. The van der Waals surface area contributed by atoms with Gasteiger partial charge in [-0.3, -0.25) is 0 Å².